The highest BCUT2D eigenvalue weighted by Crippen LogP contribution is 2.24. The quantitative estimate of drug-likeness (QED) is 0.590. The summed E-state index contributed by atoms with van der Waals surface area (Å²) in [5.74, 6) is 0. The van der Waals surface area contributed by atoms with Crippen LogP contribution in [0.25, 0.3) is 5.69 Å². The number of hydrogen-bond acceptors (Lipinski definition) is 2. The van der Waals surface area contributed by atoms with E-state index < -0.39 is 0 Å². The van der Waals surface area contributed by atoms with Gasteiger partial charge in [0.2, 0.25) is 0 Å². The van der Waals surface area contributed by atoms with Gasteiger partial charge in [-0.2, -0.15) is 0 Å². The SMILES string of the molecule is CN(C)c1ccc(-n2cccc2C=Nc2ccccc2Br)cc1. The Labute approximate surface area is 145 Å². The average Bonchev–Trinajstić information content (AvgIpc) is 3.02. The van der Waals surface area contributed by atoms with Gasteiger partial charge in [0, 0.05) is 36.1 Å². The zero-order chi connectivity index (χ0) is 16.2. The predicted octanol–water partition coefficient (Wildman–Crippen LogP) is 5.06. The molecular formula is C19H18BrN3. The van der Waals surface area contributed by atoms with Crippen molar-refractivity contribution in [3.8, 4) is 5.69 Å². The van der Waals surface area contributed by atoms with Crippen LogP contribution in [0.4, 0.5) is 11.4 Å². The Balaban J connectivity index is 1.89. The van der Waals surface area contributed by atoms with Gasteiger partial charge in [0.15, 0.2) is 0 Å². The van der Waals surface area contributed by atoms with E-state index in [1.165, 1.54) is 5.69 Å². The number of hydrogen-bond donors (Lipinski definition) is 0. The van der Waals surface area contributed by atoms with Crippen molar-refractivity contribution in [2.75, 3.05) is 19.0 Å². The van der Waals surface area contributed by atoms with Crippen molar-refractivity contribution in [2.24, 2.45) is 4.99 Å². The summed E-state index contributed by atoms with van der Waals surface area (Å²) >= 11 is 3.52. The molecular weight excluding hydrogens is 350 g/mol. The second kappa shape index (κ2) is 6.84. The van der Waals surface area contributed by atoms with Crippen molar-refractivity contribution in [3.05, 3.63) is 77.0 Å². The number of nitrogens with zero attached hydrogens (tertiary/aromatic N) is 3. The molecule has 23 heavy (non-hydrogen) atoms. The van der Waals surface area contributed by atoms with Gasteiger partial charge in [-0.3, -0.25) is 4.99 Å². The maximum atomic E-state index is 4.58. The molecule has 3 nitrogen and oxygen atoms in total. The lowest BCUT2D eigenvalue weighted by Gasteiger charge is -2.13. The largest absolute Gasteiger partial charge is 0.378 e. The number of anilines is 1. The number of rotatable bonds is 4. The summed E-state index contributed by atoms with van der Waals surface area (Å²) in [6, 6.07) is 20.5. The fourth-order valence-electron chi connectivity index (χ4n) is 2.34. The van der Waals surface area contributed by atoms with Crippen molar-refractivity contribution >= 4 is 33.5 Å². The molecule has 3 aromatic rings. The second-order valence-electron chi connectivity index (χ2n) is 5.42. The van der Waals surface area contributed by atoms with E-state index in [-0.39, 0.29) is 0 Å². The van der Waals surface area contributed by atoms with Crippen molar-refractivity contribution in [1.29, 1.82) is 0 Å². The zero-order valence-corrected chi connectivity index (χ0v) is 14.7. The zero-order valence-electron chi connectivity index (χ0n) is 13.1. The highest BCUT2D eigenvalue weighted by Gasteiger charge is 2.03. The average molecular weight is 368 g/mol. The van der Waals surface area contributed by atoms with E-state index in [0.717, 1.165) is 21.5 Å². The van der Waals surface area contributed by atoms with E-state index in [1.54, 1.807) is 0 Å². The first-order chi connectivity index (χ1) is 11.1. The number of halogens is 1. The molecule has 116 valence electrons. The van der Waals surface area contributed by atoms with Crippen molar-refractivity contribution in [2.45, 2.75) is 0 Å². The third-order valence-electron chi connectivity index (χ3n) is 3.61. The first kappa shape index (κ1) is 15.6. The Kier molecular flexibility index (Phi) is 4.63. The number of aromatic nitrogens is 1. The van der Waals surface area contributed by atoms with Crippen LogP contribution in [0, 0.1) is 0 Å². The van der Waals surface area contributed by atoms with Crippen molar-refractivity contribution in [3.63, 3.8) is 0 Å². The van der Waals surface area contributed by atoms with E-state index in [9.17, 15) is 0 Å². The lowest BCUT2D eigenvalue weighted by molar-refractivity contribution is 1.06. The van der Waals surface area contributed by atoms with Crippen LogP contribution < -0.4 is 4.90 Å². The van der Waals surface area contributed by atoms with Crippen LogP contribution in [0.15, 0.2) is 76.3 Å². The van der Waals surface area contributed by atoms with Gasteiger partial charge in [0.25, 0.3) is 0 Å². The molecule has 0 spiro atoms. The van der Waals surface area contributed by atoms with E-state index >= 15 is 0 Å². The van der Waals surface area contributed by atoms with E-state index in [0.29, 0.717) is 0 Å². The minimum absolute atomic E-state index is 0.920. The van der Waals surface area contributed by atoms with Crippen LogP contribution in [0.3, 0.4) is 0 Å². The summed E-state index contributed by atoms with van der Waals surface area (Å²) in [7, 11) is 4.08. The fraction of sp³-hybridized carbons (Fsp3) is 0.105. The normalized spacial score (nSPS) is 11.1. The minimum atomic E-state index is 0.920. The van der Waals surface area contributed by atoms with Gasteiger partial charge in [-0.25, -0.2) is 0 Å². The first-order valence-corrected chi connectivity index (χ1v) is 8.18. The molecule has 0 aliphatic rings. The Hall–Kier alpha value is -2.33. The molecule has 1 heterocycles. The van der Waals surface area contributed by atoms with Crippen LogP contribution in [0.5, 0.6) is 0 Å². The smallest absolute Gasteiger partial charge is 0.0772 e. The molecule has 0 aliphatic heterocycles. The molecule has 0 aliphatic carbocycles. The van der Waals surface area contributed by atoms with Crippen molar-refractivity contribution < 1.29 is 0 Å². The minimum Gasteiger partial charge on any atom is -0.378 e. The van der Waals surface area contributed by atoms with Gasteiger partial charge in [0.05, 0.1) is 17.6 Å². The van der Waals surface area contributed by atoms with Crippen LogP contribution in [-0.4, -0.2) is 24.9 Å². The third-order valence-corrected chi connectivity index (χ3v) is 4.28. The van der Waals surface area contributed by atoms with Gasteiger partial charge in [0.1, 0.15) is 0 Å². The van der Waals surface area contributed by atoms with E-state index in [1.807, 2.05) is 56.8 Å². The Bertz CT molecular complexity index is 817. The number of benzene rings is 2. The van der Waals surface area contributed by atoms with Crippen molar-refractivity contribution in [1.82, 2.24) is 4.57 Å². The Morgan fingerprint density at radius 1 is 0.957 bits per heavy atom. The van der Waals surface area contributed by atoms with Crippen LogP contribution in [-0.2, 0) is 0 Å². The summed E-state index contributed by atoms with van der Waals surface area (Å²) in [6.07, 6.45) is 3.94. The second-order valence-corrected chi connectivity index (χ2v) is 6.28. The topological polar surface area (TPSA) is 20.5 Å². The van der Waals surface area contributed by atoms with Crippen LogP contribution in [0.2, 0.25) is 0 Å². The maximum Gasteiger partial charge on any atom is 0.0772 e. The molecule has 0 saturated heterocycles. The Morgan fingerprint density at radius 3 is 2.39 bits per heavy atom. The molecule has 0 saturated carbocycles. The molecule has 0 N–H and O–H groups in total. The number of aliphatic imine (C=N–C) groups is 1. The highest BCUT2D eigenvalue weighted by atomic mass is 79.9. The summed E-state index contributed by atoms with van der Waals surface area (Å²) in [5, 5.41) is 0. The number of para-hydroxylation sites is 1. The van der Waals surface area contributed by atoms with Gasteiger partial charge in [-0.1, -0.05) is 12.1 Å². The molecule has 0 atom stereocenters. The summed E-state index contributed by atoms with van der Waals surface area (Å²) < 4.78 is 3.12. The van der Waals surface area contributed by atoms with Crippen LogP contribution >= 0.6 is 15.9 Å². The standard InChI is InChI=1S/C19H18BrN3/c1-22(2)15-9-11-16(12-10-15)23-13-5-6-17(23)14-21-19-8-4-3-7-18(19)20/h3-14H,1-2H3. The summed E-state index contributed by atoms with van der Waals surface area (Å²) in [5.41, 5.74) is 4.26. The van der Waals surface area contributed by atoms with Gasteiger partial charge in [-0.05, 0) is 64.5 Å². The molecule has 1 aromatic heterocycles. The molecule has 4 heteroatoms. The Morgan fingerprint density at radius 2 is 1.70 bits per heavy atom. The predicted molar refractivity (Wildman–Crippen MR) is 101 cm³/mol. The first-order valence-electron chi connectivity index (χ1n) is 7.39. The van der Waals surface area contributed by atoms with Gasteiger partial charge < -0.3 is 9.47 Å². The van der Waals surface area contributed by atoms with Gasteiger partial charge in [-0.15, -0.1) is 0 Å². The molecule has 3 rings (SSSR count). The maximum absolute atomic E-state index is 4.58. The van der Waals surface area contributed by atoms with E-state index in [4.69, 9.17) is 0 Å². The highest BCUT2D eigenvalue weighted by molar-refractivity contribution is 9.10. The summed E-state index contributed by atoms with van der Waals surface area (Å²) in [4.78, 5) is 6.67. The monoisotopic (exact) mass is 367 g/mol. The molecule has 0 unspecified atom stereocenters. The molecule has 0 bridgehead atoms. The molecule has 0 fully saturated rings. The van der Waals surface area contributed by atoms with E-state index in [2.05, 4.69) is 60.7 Å². The molecule has 2 aromatic carbocycles. The lowest BCUT2D eigenvalue weighted by atomic mass is 10.2. The third kappa shape index (κ3) is 3.54. The van der Waals surface area contributed by atoms with Crippen LogP contribution in [0.1, 0.15) is 5.69 Å². The molecule has 0 amide bonds. The van der Waals surface area contributed by atoms with Gasteiger partial charge >= 0.3 is 0 Å². The summed E-state index contributed by atoms with van der Waals surface area (Å²) in [6.45, 7) is 0. The lowest BCUT2D eigenvalue weighted by Crippen LogP contribution is -2.08. The molecule has 0 radical (unpaired) electrons. The fourth-order valence-corrected chi connectivity index (χ4v) is 2.73.